The third kappa shape index (κ3) is 5.43. The molecule has 5 rings (SSSR count). The molecule has 178 valence electrons. The molecular formula is C23H17F3N6O3. The molecule has 5 aromatic rings. The van der Waals surface area contributed by atoms with Crippen molar-refractivity contribution in [3.8, 4) is 0 Å². The number of alkyl halides is 3. The van der Waals surface area contributed by atoms with Crippen LogP contribution in [-0.4, -0.2) is 47.5 Å². The second kappa shape index (κ2) is 9.63. The van der Waals surface area contributed by atoms with Gasteiger partial charge in [0.05, 0.1) is 16.6 Å². The number of carbonyl (C=O) groups is 2. The number of halogens is 3. The zero-order valence-corrected chi connectivity index (χ0v) is 17.8. The van der Waals surface area contributed by atoms with Gasteiger partial charge in [-0.1, -0.05) is 24.3 Å². The number of hydrogen-bond donors (Lipinski definition) is 3. The molecule has 12 heteroatoms. The standard InChI is InChI=1S/C21H16N6O.C2HF3O2/c28-20(26-21-23-15-7-1-2-8-16(15)24-21)19-17-9-3-4-11-27(17)18(25-19)12-14-6-5-10-22-13-14;3-2(4,5)1(6)7/h1-11,13H,12H2,(H2,23,24,26,28);(H,6,7). The average Bonchev–Trinajstić information content (AvgIpc) is 3.40. The molecule has 0 atom stereocenters. The summed E-state index contributed by atoms with van der Waals surface area (Å²) >= 11 is 0. The van der Waals surface area contributed by atoms with E-state index in [0.717, 1.165) is 27.9 Å². The second-order valence-electron chi connectivity index (χ2n) is 7.23. The highest BCUT2D eigenvalue weighted by molar-refractivity contribution is 6.07. The number of aromatic amines is 1. The molecule has 0 radical (unpaired) electrons. The summed E-state index contributed by atoms with van der Waals surface area (Å²) < 4.78 is 33.7. The number of nitrogens with one attached hydrogen (secondary N) is 2. The Hall–Kier alpha value is -4.74. The number of anilines is 1. The van der Waals surface area contributed by atoms with Gasteiger partial charge in [-0.3, -0.25) is 15.1 Å². The minimum atomic E-state index is -5.08. The van der Waals surface area contributed by atoms with Crippen LogP contribution in [0.1, 0.15) is 21.9 Å². The Morgan fingerprint density at radius 3 is 2.46 bits per heavy atom. The number of carbonyl (C=O) groups excluding carboxylic acids is 1. The Labute approximate surface area is 195 Å². The first-order valence-corrected chi connectivity index (χ1v) is 10.1. The Morgan fingerprint density at radius 1 is 1.03 bits per heavy atom. The predicted octanol–water partition coefficient (Wildman–Crippen LogP) is 4.08. The van der Waals surface area contributed by atoms with Crippen molar-refractivity contribution in [2.24, 2.45) is 0 Å². The molecule has 1 amide bonds. The van der Waals surface area contributed by atoms with Crippen LogP contribution in [-0.2, 0) is 11.2 Å². The summed E-state index contributed by atoms with van der Waals surface area (Å²) in [6, 6.07) is 17.2. The molecule has 0 aliphatic carbocycles. The van der Waals surface area contributed by atoms with E-state index in [1.165, 1.54) is 0 Å². The largest absolute Gasteiger partial charge is 0.490 e. The van der Waals surface area contributed by atoms with Crippen LogP contribution in [0.5, 0.6) is 0 Å². The summed E-state index contributed by atoms with van der Waals surface area (Å²) in [5.74, 6) is -1.89. The lowest BCUT2D eigenvalue weighted by atomic mass is 10.2. The number of aromatic nitrogens is 5. The lowest BCUT2D eigenvalue weighted by Crippen LogP contribution is -2.21. The second-order valence-corrected chi connectivity index (χ2v) is 7.23. The van der Waals surface area contributed by atoms with Crippen LogP contribution < -0.4 is 5.32 Å². The van der Waals surface area contributed by atoms with E-state index in [1.807, 2.05) is 65.2 Å². The fraction of sp³-hybridized carbons (Fsp3) is 0.0870. The maximum Gasteiger partial charge on any atom is 0.490 e. The summed E-state index contributed by atoms with van der Waals surface area (Å²) in [5.41, 5.74) is 3.80. The van der Waals surface area contributed by atoms with Crippen molar-refractivity contribution in [3.05, 3.63) is 90.3 Å². The molecule has 9 nitrogen and oxygen atoms in total. The Bertz CT molecular complexity index is 1460. The van der Waals surface area contributed by atoms with Gasteiger partial charge in [-0.05, 0) is 35.9 Å². The van der Waals surface area contributed by atoms with Crippen molar-refractivity contribution in [3.63, 3.8) is 0 Å². The monoisotopic (exact) mass is 482 g/mol. The molecule has 0 saturated carbocycles. The molecule has 4 aromatic heterocycles. The van der Waals surface area contributed by atoms with Crippen molar-refractivity contribution in [1.29, 1.82) is 0 Å². The van der Waals surface area contributed by atoms with Gasteiger partial charge in [0.25, 0.3) is 5.91 Å². The van der Waals surface area contributed by atoms with E-state index < -0.39 is 12.1 Å². The third-order valence-electron chi connectivity index (χ3n) is 4.79. The van der Waals surface area contributed by atoms with Crippen LogP contribution in [0.3, 0.4) is 0 Å². The third-order valence-corrected chi connectivity index (χ3v) is 4.79. The Balaban J connectivity index is 0.000000364. The Kier molecular flexibility index (Phi) is 6.44. The number of nitrogens with zero attached hydrogens (tertiary/aromatic N) is 4. The van der Waals surface area contributed by atoms with Crippen molar-refractivity contribution in [2.45, 2.75) is 12.6 Å². The SMILES string of the molecule is O=C(Nc1nc2ccccc2[nH]1)c1nc(Cc2cccnc2)n2ccccc12.O=C(O)C(F)(F)F. The number of H-pyrrole nitrogens is 1. The fourth-order valence-corrected chi connectivity index (χ4v) is 3.26. The lowest BCUT2D eigenvalue weighted by molar-refractivity contribution is -0.192. The summed E-state index contributed by atoms with van der Waals surface area (Å²) in [4.78, 5) is 38.1. The van der Waals surface area contributed by atoms with Crippen LogP contribution in [0.25, 0.3) is 16.6 Å². The van der Waals surface area contributed by atoms with Gasteiger partial charge in [-0.25, -0.2) is 14.8 Å². The van der Waals surface area contributed by atoms with Gasteiger partial charge in [0, 0.05) is 25.0 Å². The van der Waals surface area contributed by atoms with Gasteiger partial charge in [0.1, 0.15) is 5.82 Å². The molecule has 0 unspecified atom stereocenters. The molecule has 0 aliphatic rings. The van der Waals surface area contributed by atoms with Crippen molar-refractivity contribution >= 4 is 34.4 Å². The van der Waals surface area contributed by atoms with Crippen LogP contribution in [0.15, 0.2) is 73.2 Å². The number of pyridine rings is 2. The van der Waals surface area contributed by atoms with E-state index in [0.29, 0.717) is 18.1 Å². The minimum Gasteiger partial charge on any atom is -0.475 e. The van der Waals surface area contributed by atoms with Crippen LogP contribution in [0.4, 0.5) is 19.1 Å². The maximum absolute atomic E-state index is 12.9. The molecule has 0 bridgehead atoms. The van der Waals surface area contributed by atoms with Gasteiger partial charge < -0.3 is 14.5 Å². The summed E-state index contributed by atoms with van der Waals surface area (Å²) in [7, 11) is 0. The van der Waals surface area contributed by atoms with Crippen molar-refractivity contribution in [2.75, 3.05) is 5.32 Å². The molecule has 35 heavy (non-hydrogen) atoms. The van der Waals surface area contributed by atoms with E-state index >= 15 is 0 Å². The topological polar surface area (TPSA) is 125 Å². The van der Waals surface area contributed by atoms with E-state index in [2.05, 4.69) is 25.3 Å². The number of carboxylic acid groups (broad SMARTS) is 1. The first-order valence-electron chi connectivity index (χ1n) is 10.1. The molecular weight excluding hydrogens is 465 g/mol. The number of benzene rings is 1. The lowest BCUT2D eigenvalue weighted by Gasteiger charge is -2.00. The van der Waals surface area contributed by atoms with Crippen LogP contribution >= 0.6 is 0 Å². The normalized spacial score (nSPS) is 11.2. The number of aliphatic carboxylic acids is 1. The number of amides is 1. The van der Waals surface area contributed by atoms with E-state index in [-0.39, 0.29) is 5.91 Å². The molecule has 0 fully saturated rings. The number of hydrogen-bond acceptors (Lipinski definition) is 5. The number of imidazole rings is 2. The van der Waals surface area contributed by atoms with Gasteiger partial charge in [0.15, 0.2) is 5.69 Å². The van der Waals surface area contributed by atoms with E-state index in [9.17, 15) is 18.0 Å². The number of carboxylic acids is 1. The average molecular weight is 482 g/mol. The molecule has 0 aliphatic heterocycles. The Morgan fingerprint density at radius 2 is 1.77 bits per heavy atom. The summed E-state index contributed by atoms with van der Waals surface area (Å²) in [6.45, 7) is 0. The smallest absolute Gasteiger partial charge is 0.475 e. The molecule has 1 aromatic carbocycles. The number of para-hydroxylation sites is 2. The maximum atomic E-state index is 12.9. The van der Waals surface area contributed by atoms with Crippen LogP contribution in [0, 0.1) is 0 Å². The van der Waals surface area contributed by atoms with Gasteiger partial charge in [-0.2, -0.15) is 13.2 Å². The first-order chi connectivity index (χ1) is 16.7. The molecule has 0 saturated heterocycles. The zero-order valence-electron chi connectivity index (χ0n) is 17.8. The van der Waals surface area contributed by atoms with Gasteiger partial charge in [0.2, 0.25) is 5.95 Å². The quantitative estimate of drug-likeness (QED) is 0.355. The predicted molar refractivity (Wildman–Crippen MR) is 120 cm³/mol. The zero-order chi connectivity index (χ0) is 25.0. The fourth-order valence-electron chi connectivity index (χ4n) is 3.26. The van der Waals surface area contributed by atoms with Crippen LogP contribution in [0.2, 0.25) is 0 Å². The number of fused-ring (bicyclic) bond motifs is 2. The summed E-state index contributed by atoms with van der Waals surface area (Å²) in [6.07, 6.45) is 0.945. The molecule has 0 spiro atoms. The van der Waals surface area contributed by atoms with Crippen molar-refractivity contribution in [1.82, 2.24) is 24.3 Å². The van der Waals surface area contributed by atoms with E-state index in [1.54, 1.807) is 12.4 Å². The highest BCUT2D eigenvalue weighted by atomic mass is 19.4. The number of rotatable bonds is 4. The summed E-state index contributed by atoms with van der Waals surface area (Å²) in [5, 5.41) is 9.95. The van der Waals surface area contributed by atoms with Gasteiger partial charge >= 0.3 is 12.1 Å². The molecule has 3 N–H and O–H groups in total. The van der Waals surface area contributed by atoms with Crippen molar-refractivity contribution < 1.29 is 27.9 Å². The van der Waals surface area contributed by atoms with E-state index in [4.69, 9.17) is 9.90 Å². The molecule has 4 heterocycles. The highest BCUT2D eigenvalue weighted by Crippen LogP contribution is 2.19. The van der Waals surface area contributed by atoms with Gasteiger partial charge in [-0.15, -0.1) is 0 Å². The minimum absolute atomic E-state index is 0.305. The first kappa shape index (κ1) is 23.4. The highest BCUT2D eigenvalue weighted by Gasteiger charge is 2.38.